The smallest absolute Gasteiger partial charge is 0.273 e. The van der Waals surface area contributed by atoms with E-state index >= 15 is 0 Å². The molecule has 0 fully saturated rings. The predicted octanol–water partition coefficient (Wildman–Crippen LogP) is 3.22. The maximum Gasteiger partial charge on any atom is 0.273 e. The second-order valence-electron chi connectivity index (χ2n) is 6.32. The topological polar surface area (TPSA) is 82.8 Å². The second kappa shape index (κ2) is 7.64. The molecule has 0 radical (unpaired) electrons. The summed E-state index contributed by atoms with van der Waals surface area (Å²) in [6.45, 7) is 0.710. The van der Waals surface area contributed by atoms with Crippen LogP contribution >= 0.6 is 0 Å². The number of nitrogens with zero attached hydrogens (tertiary/aromatic N) is 1. The van der Waals surface area contributed by atoms with Crippen molar-refractivity contribution in [3.63, 3.8) is 0 Å². The molecular formula is C21H20N2O5. The van der Waals surface area contributed by atoms with Crippen molar-refractivity contribution in [1.82, 2.24) is 10.5 Å². The van der Waals surface area contributed by atoms with Crippen molar-refractivity contribution < 1.29 is 23.5 Å². The largest absolute Gasteiger partial charge is 0.493 e. The number of para-hydroxylation sites is 1. The second-order valence-corrected chi connectivity index (χ2v) is 6.32. The summed E-state index contributed by atoms with van der Waals surface area (Å²) in [6.07, 6.45) is 0.644. The lowest BCUT2D eigenvalue weighted by Gasteiger charge is -2.15. The quantitative estimate of drug-likeness (QED) is 0.707. The minimum Gasteiger partial charge on any atom is -0.493 e. The summed E-state index contributed by atoms with van der Waals surface area (Å²) in [5, 5.41) is 6.85. The molecule has 1 amide bonds. The van der Waals surface area contributed by atoms with E-state index in [4.69, 9.17) is 18.7 Å². The Morgan fingerprint density at radius 2 is 1.96 bits per heavy atom. The normalized spacial score (nSPS) is 11.8. The molecular weight excluding hydrogens is 360 g/mol. The van der Waals surface area contributed by atoms with Gasteiger partial charge < -0.3 is 24.1 Å². The summed E-state index contributed by atoms with van der Waals surface area (Å²) >= 11 is 0. The van der Waals surface area contributed by atoms with Crippen LogP contribution in [0.4, 0.5) is 0 Å². The van der Waals surface area contributed by atoms with E-state index in [1.807, 2.05) is 42.5 Å². The number of carbonyl (C=O) groups excluding carboxylic acids is 1. The first-order chi connectivity index (χ1) is 13.7. The fraction of sp³-hybridized carbons (Fsp3) is 0.238. The standard InChI is InChI=1S/C21H20N2O5/c1-25-17-8-7-13(11-18(17)26-2)9-10-22-21(24)19-15-12-27-16-6-4-3-5-14(16)20(15)28-23-19/h3-8,11H,9-10,12H2,1-2H3,(H,22,24). The van der Waals surface area contributed by atoms with Gasteiger partial charge in [-0.15, -0.1) is 0 Å². The minimum atomic E-state index is -0.284. The van der Waals surface area contributed by atoms with Crippen molar-refractivity contribution in [2.75, 3.05) is 20.8 Å². The van der Waals surface area contributed by atoms with Gasteiger partial charge in [-0.1, -0.05) is 23.4 Å². The molecule has 144 valence electrons. The number of hydrogen-bond donors (Lipinski definition) is 1. The number of hydrogen-bond acceptors (Lipinski definition) is 6. The average Bonchev–Trinajstić information content (AvgIpc) is 3.18. The molecule has 7 nitrogen and oxygen atoms in total. The van der Waals surface area contributed by atoms with Crippen molar-refractivity contribution in [3.8, 4) is 28.6 Å². The van der Waals surface area contributed by atoms with E-state index in [-0.39, 0.29) is 18.2 Å². The molecule has 2 heterocycles. The summed E-state index contributed by atoms with van der Waals surface area (Å²) in [4.78, 5) is 12.6. The number of ether oxygens (including phenoxy) is 3. The Hall–Kier alpha value is -3.48. The van der Waals surface area contributed by atoms with Crippen LogP contribution in [0.5, 0.6) is 17.2 Å². The molecule has 0 bridgehead atoms. The number of benzene rings is 2. The van der Waals surface area contributed by atoms with Gasteiger partial charge in [0.05, 0.1) is 25.3 Å². The van der Waals surface area contributed by atoms with Crippen LogP contribution in [-0.4, -0.2) is 31.8 Å². The highest BCUT2D eigenvalue weighted by atomic mass is 16.5. The zero-order chi connectivity index (χ0) is 19.5. The molecule has 0 aliphatic carbocycles. The van der Waals surface area contributed by atoms with Gasteiger partial charge in [-0.2, -0.15) is 0 Å². The van der Waals surface area contributed by atoms with Crippen LogP contribution in [0, 0.1) is 0 Å². The third-order valence-electron chi connectivity index (χ3n) is 4.65. The van der Waals surface area contributed by atoms with Crippen molar-refractivity contribution >= 4 is 5.91 Å². The van der Waals surface area contributed by atoms with Gasteiger partial charge in [0.1, 0.15) is 12.4 Å². The molecule has 0 unspecified atom stereocenters. The Kier molecular flexibility index (Phi) is 4.89. The summed E-state index contributed by atoms with van der Waals surface area (Å²) < 4.78 is 21.7. The molecule has 1 aliphatic heterocycles. The number of carbonyl (C=O) groups is 1. The molecule has 1 aliphatic rings. The maximum atomic E-state index is 12.6. The van der Waals surface area contributed by atoms with E-state index < -0.39 is 0 Å². The van der Waals surface area contributed by atoms with Crippen LogP contribution in [0.2, 0.25) is 0 Å². The molecule has 2 aromatic carbocycles. The van der Waals surface area contributed by atoms with E-state index in [9.17, 15) is 4.79 Å². The maximum absolute atomic E-state index is 12.6. The van der Waals surface area contributed by atoms with Crippen LogP contribution in [0.15, 0.2) is 47.0 Å². The molecule has 3 aromatic rings. The zero-order valence-corrected chi connectivity index (χ0v) is 15.7. The highest BCUT2D eigenvalue weighted by Crippen LogP contribution is 2.38. The Labute approximate surface area is 162 Å². The number of fused-ring (bicyclic) bond motifs is 3. The minimum absolute atomic E-state index is 0.258. The van der Waals surface area contributed by atoms with Crippen molar-refractivity contribution in [2.45, 2.75) is 13.0 Å². The third-order valence-corrected chi connectivity index (χ3v) is 4.65. The third kappa shape index (κ3) is 3.26. The molecule has 0 atom stereocenters. The van der Waals surface area contributed by atoms with Crippen molar-refractivity contribution in [3.05, 3.63) is 59.3 Å². The van der Waals surface area contributed by atoms with Crippen LogP contribution in [0.1, 0.15) is 21.6 Å². The van der Waals surface area contributed by atoms with Gasteiger partial charge in [0.15, 0.2) is 23.0 Å². The Bertz CT molecular complexity index is 1010. The lowest BCUT2D eigenvalue weighted by atomic mass is 10.0. The first kappa shape index (κ1) is 17.9. The van der Waals surface area contributed by atoms with Gasteiger partial charge in [0, 0.05) is 6.54 Å². The monoisotopic (exact) mass is 380 g/mol. The molecule has 0 saturated heterocycles. The first-order valence-electron chi connectivity index (χ1n) is 8.91. The van der Waals surface area contributed by atoms with Gasteiger partial charge in [0.25, 0.3) is 5.91 Å². The van der Waals surface area contributed by atoms with Crippen LogP contribution < -0.4 is 19.5 Å². The van der Waals surface area contributed by atoms with Gasteiger partial charge in [-0.25, -0.2) is 0 Å². The Balaban J connectivity index is 1.43. The van der Waals surface area contributed by atoms with Gasteiger partial charge in [-0.3, -0.25) is 4.79 Å². The molecule has 0 spiro atoms. The summed E-state index contributed by atoms with van der Waals surface area (Å²) in [5.74, 6) is 2.37. The molecule has 0 saturated carbocycles. The number of aromatic nitrogens is 1. The summed E-state index contributed by atoms with van der Waals surface area (Å²) in [7, 11) is 3.19. The summed E-state index contributed by atoms with van der Waals surface area (Å²) in [6, 6.07) is 13.2. The Morgan fingerprint density at radius 1 is 1.14 bits per heavy atom. The summed E-state index contributed by atoms with van der Waals surface area (Å²) in [5.41, 5.74) is 2.76. The molecule has 4 rings (SSSR count). The SMILES string of the molecule is COc1ccc(CCNC(=O)c2noc3c2COc2ccccc2-3)cc1OC. The molecule has 28 heavy (non-hydrogen) atoms. The van der Waals surface area contributed by atoms with Crippen molar-refractivity contribution in [2.24, 2.45) is 0 Å². The fourth-order valence-electron chi connectivity index (χ4n) is 3.20. The van der Waals surface area contributed by atoms with Crippen LogP contribution in [0.25, 0.3) is 11.3 Å². The highest BCUT2D eigenvalue weighted by Gasteiger charge is 2.28. The number of rotatable bonds is 6. The highest BCUT2D eigenvalue weighted by molar-refractivity contribution is 5.95. The van der Waals surface area contributed by atoms with Gasteiger partial charge in [-0.05, 0) is 36.2 Å². The lowest BCUT2D eigenvalue weighted by molar-refractivity contribution is 0.0943. The average molecular weight is 380 g/mol. The molecule has 1 N–H and O–H groups in total. The van der Waals surface area contributed by atoms with Crippen LogP contribution in [0.3, 0.4) is 0 Å². The first-order valence-corrected chi connectivity index (χ1v) is 8.91. The molecule has 7 heteroatoms. The van der Waals surface area contributed by atoms with E-state index in [2.05, 4.69) is 10.5 Å². The predicted molar refractivity (Wildman–Crippen MR) is 102 cm³/mol. The number of nitrogens with one attached hydrogen (secondary N) is 1. The van der Waals surface area contributed by atoms with E-state index in [0.717, 1.165) is 16.9 Å². The number of amides is 1. The van der Waals surface area contributed by atoms with Crippen LogP contribution in [-0.2, 0) is 13.0 Å². The van der Waals surface area contributed by atoms with Gasteiger partial charge in [0.2, 0.25) is 0 Å². The van der Waals surface area contributed by atoms with Crippen molar-refractivity contribution in [1.29, 1.82) is 0 Å². The lowest BCUT2D eigenvalue weighted by Crippen LogP contribution is -2.27. The van der Waals surface area contributed by atoms with E-state index in [1.54, 1.807) is 14.2 Å². The molecule has 1 aromatic heterocycles. The van der Waals surface area contributed by atoms with E-state index in [1.165, 1.54) is 0 Å². The van der Waals surface area contributed by atoms with Gasteiger partial charge >= 0.3 is 0 Å². The number of methoxy groups -OCH3 is 2. The van der Waals surface area contributed by atoms with E-state index in [0.29, 0.717) is 35.8 Å². The Morgan fingerprint density at radius 3 is 2.79 bits per heavy atom. The zero-order valence-electron chi connectivity index (χ0n) is 15.7. The fourth-order valence-corrected chi connectivity index (χ4v) is 3.20.